The number of hydrogen-bond donors (Lipinski definition) is 0. The molecular weight excluding hydrogens is 234 g/mol. The number of carbonyl (C=O) groups is 1. The molecule has 0 atom stereocenters. The Kier molecular flexibility index (Phi) is 2.30. The van der Waals surface area contributed by atoms with Crippen molar-refractivity contribution < 1.29 is 9.21 Å². The zero-order chi connectivity index (χ0) is 11.8. The number of carbonyl (C=O) groups excluding carboxylic acids is 1. The molecule has 4 heteroatoms. The minimum atomic E-state index is -0.165. The smallest absolute Gasteiger partial charge is 0.247 e. The SMILES string of the molecule is Cc1cccc2cc(C(=O)c3cscn3)oc12. The predicted octanol–water partition coefficient (Wildman–Crippen LogP) is 3.43. The van der Waals surface area contributed by atoms with E-state index < -0.39 is 0 Å². The van der Waals surface area contributed by atoms with Crippen LogP contribution >= 0.6 is 11.3 Å². The fraction of sp³-hybridized carbons (Fsp3) is 0.0769. The van der Waals surface area contributed by atoms with Crippen LogP contribution in [0.2, 0.25) is 0 Å². The van der Waals surface area contributed by atoms with Gasteiger partial charge in [-0.1, -0.05) is 18.2 Å². The predicted molar refractivity (Wildman–Crippen MR) is 66.5 cm³/mol. The number of rotatable bonds is 2. The van der Waals surface area contributed by atoms with E-state index in [0.29, 0.717) is 11.5 Å². The molecule has 0 unspecified atom stereocenters. The highest BCUT2D eigenvalue weighted by molar-refractivity contribution is 7.07. The molecule has 0 saturated carbocycles. The summed E-state index contributed by atoms with van der Waals surface area (Å²) < 4.78 is 5.60. The molecule has 0 aliphatic heterocycles. The average Bonchev–Trinajstić information content (AvgIpc) is 2.98. The van der Waals surface area contributed by atoms with Crippen LogP contribution in [-0.2, 0) is 0 Å². The summed E-state index contributed by atoms with van der Waals surface area (Å²) in [5.41, 5.74) is 3.87. The van der Waals surface area contributed by atoms with Crippen molar-refractivity contribution in [1.29, 1.82) is 0 Å². The second-order valence-electron chi connectivity index (χ2n) is 3.81. The van der Waals surface area contributed by atoms with Crippen molar-refractivity contribution in [3.63, 3.8) is 0 Å². The number of aromatic nitrogens is 1. The highest BCUT2D eigenvalue weighted by atomic mass is 32.1. The lowest BCUT2D eigenvalue weighted by molar-refractivity contribution is 0.101. The second kappa shape index (κ2) is 3.82. The van der Waals surface area contributed by atoms with E-state index in [-0.39, 0.29) is 5.78 Å². The Hall–Kier alpha value is -1.94. The summed E-state index contributed by atoms with van der Waals surface area (Å²) in [7, 11) is 0. The molecular formula is C13H9NO2S. The fourth-order valence-electron chi connectivity index (χ4n) is 1.77. The maximum atomic E-state index is 12.0. The van der Waals surface area contributed by atoms with Crippen molar-refractivity contribution in [2.75, 3.05) is 0 Å². The van der Waals surface area contributed by atoms with Gasteiger partial charge in [-0.2, -0.15) is 0 Å². The van der Waals surface area contributed by atoms with Gasteiger partial charge in [-0.15, -0.1) is 11.3 Å². The van der Waals surface area contributed by atoms with Gasteiger partial charge in [-0.3, -0.25) is 4.79 Å². The molecule has 3 aromatic rings. The first-order valence-corrected chi connectivity index (χ1v) is 6.12. The molecule has 3 rings (SSSR count). The molecule has 17 heavy (non-hydrogen) atoms. The Labute approximate surface area is 102 Å². The van der Waals surface area contributed by atoms with E-state index in [0.717, 1.165) is 16.5 Å². The number of nitrogens with zero attached hydrogens (tertiary/aromatic N) is 1. The zero-order valence-electron chi connectivity index (χ0n) is 9.14. The minimum absolute atomic E-state index is 0.165. The molecule has 0 N–H and O–H groups in total. The third kappa shape index (κ3) is 1.66. The molecule has 1 aromatic carbocycles. The summed E-state index contributed by atoms with van der Waals surface area (Å²) in [6.45, 7) is 1.96. The summed E-state index contributed by atoms with van der Waals surface area (Å²) in [5.74, 6) is 0.182. The molecule has 0 spiro atoms. The van der Waals surface area contributed by atoms with E-state index in [4.69, 9.17) is 4.42 Å². The largest absolute Gasteiger partial charge is 0.452 e. The topological polar surface area (TPSA) is 43.1 Å². The van der Waals surface area contributed by atoms with Crippen molar-refractivity contribution in [3.8, 4) is 0 Å². The van der Waals surface area contributed by atoms with Crippen molar-refractivity contribution in [3.05, 3.63) is 52.2 Å². The highest BCUT2D eigenvalue weighted by Gasteiger charge is 2.16. The van der Waals surface area contributed by atoms with Crippen LogP contribution < -0.4 is 0 Å². The van der Waals surface area contributed by atoms with Gasteiger partial charge < -0.3 is 4.42 Å². The highest BCUT2D eigenvalue weighted by Crippen LogP contribution is 2.24. The maximum absolute atomic E-state index is 12.0. The van der Waals surface area contributed by atoms with Gasteiger partial charge in [0.1, 0.15) is 11.3 Å². The number of fused-ring (bicyclic) bond motifs is 1. The average molecular weight is 243 g/mol. The third-order valence-electron chi connectivity index (χ3n) is 2.63. The van der Waals surface area contributed by atoms with Gasteiger partial charge in [0.05, 0.1) is 5.51 Å². The van der Waals surface area contributed by atoms with Crippen molar-refractivity contribution >= 4 is 28.1 Å². The van der Waals surface area contributed by atoms with Crippen LogP contribution in [0.4, 0.5) is 0 Å². The monoisotopic (exact) mass is 243 g/mol. The first kappa shape index (κ1) is 10.2. The molecule has 0 fully saturated rings. The van der Waals surface area contributed by atoms with Crippen LogP contribution in [0.1, 0.15) is 21.8 Å². The second-order valence-corrected chi connectivity index (χ2v) is 4.53. The van der Waals surface area contributed by atoms with E-state index in [2.05, 4.69) is 4.98 Å². The number of hydrogen-bond acceptors (Lipinski definition) is 4. The van der Waals surface area contributed by atoms with E-state index >= 15 is 0 Å². The Morgan fingerprint density at radius 3 is 3.00 bits per heavy atom. The summed E-state index contributed by atoms with van der Waals surface area (Å²) in [4.78, 5) is 16.0. The minimum Gasteiger partial charge on any atom is -0.452 e. The van der Waals surface area contributed by atoms with E-state index in [1.807, 2.05) is 25.1 Å². The quantitative estimate of drug-likeness (QED) is 0.647. The number of thiazole rings is 1. The lowest BCUT2D eigenvalue weighted by Crippen LogP contribution is -1.98. The number of ketones is 1. The van der Waals surface area contributed by atoms with E-state index in [9.17, 15) is 4.79 Å². The van der Waals surface area contributed by atoms with Gasteiger partial charge in [0, 0.05) is 10.8 Å². The van der Waals surface area contributed by atoms with Crippen LogP contribution in [0.3, 0.4) is 0 Å². The zero-order valence-corrected chi connectivity index (χ0v) is 9.95. The van der Waals surface area contributed by atoms with E-state index in [1.54, 1.807) is 17.0 Å². The van der Waals surface area contributed by atoms with Gasteiger partial charge in [-0.05, 0) is 18.6 Å². The number of para-hydroxylation sites is 1. The van der Waals surface area contributed by atoms with Crippen LogP contribution in [0.25, 0.3) is 11.0 Å². The van der Waals surface area contributed by atoms with Crippen LogP contribution in [0.15, 0.2) is 39.6 Å². The molecule has 2 aromatic heterocycles. The van der Waals surface area contributed by atoms with Crippen LogP contribution in [0.5, 0.6) is 0 Å². The lowest BCUT2D eigenvalue weighted by atomic mass is 10.1. The van der Waals surface area contributed by atoms with Crippen LogP contribution in [0, 0.1) is 6.92 Å². The summed E-state index contributed by atoms with van der Waals surface area (Å²) in [6.07, 6.45) is 0. The molecule has 0 saturated heterocycles. The molecule has 0 bridgehead atoms. The van der Waals surface area contributed by atoms with Gasteiger partial charge in [0.25, 0.3) is 0 Å². The number of benzene rings is 1. The Morgan fingerprint density at radius 2 is 2.29 bits per heavy atom. The van der Waals surface area contributed by atoms with Gasteiger partial charge in [0.2, 0.25) is 5.78 Å². The number of aryl methyl sites for hydroxylation is 1. The third-order valence-corrected chi connectivity index (χ3v) is 3.22. The molecule has 0 aliphatic rings. The molecule has 0 radical (unpaired) electrons. The summed E-state index contributed by atoms with van der Waals surface area (Å²) in [6, 6.07) is 7.61. The Bertz CT molecular complexity index is 683. The maximum Gasteiger partial charge on any atom is 0.247 e. The standard InChI is InChI=1S/C13H9NO2S/c1-8-3-2-4-9-5-11(16-13(8)9)12(15)10-6-17-7-14-10/h2-7H,1H3. The fourth-order valence-corrected chi connectivity index (χ4v) is 2.30. The lowest BCUT2D eigenvalue weighted by Gasteiger charge is -1.92. The Morgan fingerprint density at radius 1 is 1.41 bits per heavy atom. The summed E-state index contributed by atoms with van der Waals surface area (Å²) in [5, 5.41) is 2.67. The number of furan rings is 1. The van der Waals surface area contributed by atoms with Crippen molar-refractivity contribution in [1.82, 2.24) is 4.98 Å². The van der Waals surface area contributed by atoms with Crippen molar-refractivity contribution in [2.45, 2.75) is 6.92 Å². The first-order valence-electron chi connectivity index (χ1n) is 5.18. The van der Waals surface area contributed by atoms with Gasteiger partial charge in [-0.25, -0.2) is 4.98 Å². The molecule has 0 amide bonds. The first-order chi connectivity index (χ1) is 8.25. The Balaban J connectivity index is 2.13. The normalized spacial score (nSPS) is 10.9. The summed E-state index contributed by atoms with van der Waals surface area (Å²) >= 11 is 1.40. The van der Waals surface area contributed by atoms with Crippen molar-refractivity contribution in [2.24, 2.45) is 0 Å². The molecule has 2 heterocycles. The molecule has 84 valence electrons. The van der Waals surface area contributed by atoms with E-state index in [1.165, 1.54) is 11.3 Å². The van der Waals surface area contributed by atoms with Crippen LogP contribution in [-0.4, -0.2) is 10.8 Å². The van der Waals surface area contributed by atoms with Gasteiger partial charge >= 0.3 is 0 Å². The van der Waals surface area contributed by atoms with Gasteiger partial charge in [0.15, 0.2) is 5.76 Å². The molecule has 3 nitrogen and oxygen atoms in total. The molecule has 0 aliphatic carbocycles.